The number of nitrogens with zero attached hydrogens (tertiary/aromatic N) is 1. The van der Waals surface area contributed by atoms with E-state index in [1.54, 1.807) is 25.6 Å². The first-order valence-electron chi connectivity index (χ1n) is 3.80. The van der Waals surface area contributed by atoms with E-state index >= 15 is 0 Å². The average Bonchev–Trinajstić information content (AvgIpc) is 2.17. The third-order valence-corrected chi connectivity index (χ3v) is 1.59. The second-order valence-electron chi connectivity index (χ2n) is 2.39. The summed E-state index contributed by atoms with van der Waals surface area (Å²) < 4.78 is 4.93. The maximum atomic E-state index is 11.2. The summed E-state index contributed by atoms with van der Waals surface area (Å²) in [6, 6.07) is 1.69. The Kier molecular flexibility index (Phi) is 2.80. The van der Waals surface area contributed by atoms with Crippen LogP contribution >= 0.6 is 0 Å². The molecule has 0 saturated heterocycles. The number of hydrogen-bond donors (Lipinski definition) is 0. The number of hydrogen-bond acceptors (Lipinski definition) is 3. The monoisotopic (exact) mass is 165 g/mol. The lowest BCUT2D eigenvalue weighted by Gasteiger charge is -2.00. The number of carbonyl (C=O) groups excluding carboxylic acids is 1. The molecule has 0 amide bonds. The van der Waals surface area contributed by atoms with Crippen LogP contribution in [0.4, 0.5) is 0 Å². The standard InChI is InChI=1S/C9H11NO2/c1-3-9(11)7-4-8(12-2)6-10-5-7/h4-6H,3H2,1-2H3. The van der Waals surface area contributed by atoms with Gasteiger partial charge in [-0.25, -0.2) is 0 Å². The summed E-state index contributed by atoms with van der Waals surface area (Å²) in [5.74, 6) is 0.704. The quantitative estimate of drug-likeness (QED) is 0.640. The summed E-state index contributed by atoms with van der Waals surface area (Å²) >= 11 is 0. The van der Waals surface area contributed by atoms with Gasteiger partial charge in [0.05, 0.1) is 13.3 Å². The van der Waals surface area contributed by atoms with Gasteiger partial charge in [0.2, 0.25) is 0 Å². The minimum absolute atomic E-state index is 0.0846. The number of ketones is 1. The smallest absolute Gasteiger partial charge is 0.164 e. The molecule has 0 aliphatic carbocycles. The zero-order chi connectivity index (χ0) is 8.97. The van der Waals surface area contributed by atoms with Gasteiger partial charge in [0.25, 0.3) is 0 Å². The molecule has 1 rings (SSSR count). The van der Waals surface area contributed by atoms with Crippen LogP contribution in [-0.4, -0.2) is 17.9 Å². The highest BCUT2D eigenvalue weighted by Gasteiger charge is 2.03. The van der Waals surface area contributed by atoms with E-state index in [4.69, 9.17) is 4.74 Å². The number of pyridine rings is 1. The Balaban J connectivity index is 2.93. The largest absolute Gasteiger partial charge is 0.495 e. The lowest BCUT2D eigenvalue weighted by Crippen LogP contribution is -1.97. The third-order valence-electron chi connectivity index (χ3n) is 1.59. The lowest BCUT2D eigenvalue weighted by atomic mass is 10.1. The minimum Gasteiger partial charge on any atom is -0.495 e. The van der Waals surface area contributed by atoms with Gasteiger partial charge in [0.1, 0.15) is 5.75 Å². The van der Waals surface area contributed by atoms with Crippen LogP contribution in [0.2, 0.25) is 0 Å². The van der Waals surface area contributed by atoms with Crippen molar-refractivity contribution in [1.82, 2.24) is 4.98 Å². The van der Waals surface area contributed by atoms with Gasteiger partial charge in [-0.15, -0.1) is 0 Å². The Bertz CT molecular complexity index is 284. The summed E-state index contributed by atoms with van der Waals surface area (Å²) in [5, 5.41) is 0. The summed E-state index contributed by atoms with van der Waals surface area (Å²) in [5.41, 5.74) is 0.608. The van der Waals surface area contributed by atoms with E-state index < -0.39 is 0 Å². The third kappa shape index (κ3) is 1.81. The molecule has 3 nitrogen and oxygen atoms in total. The first kappa shape index (κ1) is 8.71. The van der Waals surface area contributed by atoms with Crippen molar-refractivity contribution in [1.29, 1.82) is 0 Å². The van der Waals surface area contributed by atoms with Crippen molar-refractivity contribution >= 4 is 5.78 Å². The van der Waals surface area contributed by atoms with E-state index in [2.05, 4.69) is 4.98 Å². The van der Waals surface area contributed by atoms with Gasteiger partial charge in [-0.3, -0.25) is 9.78 Å². The zero-order valence-corrected chi connectivity index (χ0v) is 7.20. The molecule has 1 heterocycles. The number of rotatable bonds is 3. The highest BCUT2D eigenvalue weighted by Crippen LogP contribution is 2.11. The Labute approximate surface area is 71.4 Å². The average molecular weight is 165 g/mol. The summed E-state index contributed by atoms with van der Waals surface area (Å²) in [6.45, 7) is 1.82. The normalized spacial score (nSPS) is 9.50. The predicted octanol–water partition coefficient (Wildman–Crippen LogP) is 1.68. The van der Waals surface area contributed by atoms with E-state index in [9.17, 15) is 4.79 Å². The van der Waals surface area contributed by atoms with Gasteiger partial charge in [-0.1, -0.05) is 6.92 Å². The molecule has 0 fully saturated rings. The molecular formula is C9H11NO2. The van der Waals surface area contributed by atoms with Gasteiger partial charge in [0.15, 0.2) is 5.78 Å². The molecule has 0 aliphatic rings. The fourth-order valence-electron chi connectivity index (χ4n) is 0.887. The maximum absolute atomic E-state index is 11.2. The molecule has 0 radical (unpaired) electrons. The van der Waals surface area contributed by atoms with Crippen LogP contribution in [0.15, 0.2) is 18.5 Å². The molecule has 0 spiro atoms. The molecular weight excluding hydrogens is 154 g/mol. The maximum Gasteiger partial charge on any atom is 0.164 e. The molecule has 0 aliphatic heterocycles. The van der Waals surface area contributed by atoms with E-state index in [1.807, 2.05) is 6.92 Å². The van der Waals surface area contributed by atoms with Crippen molar-refractivity contribution in [2.75, 3.05) is 7.11 Å². The minimum atomic E-state index is 0.0846. The van der Waals surface area contributed by atoms with Crippen LogP contribution in [0.3, 0.4) is 0 Å². The van der Waals surface area contributed by atoms with E-state index in [1.165, 1.54) is 0 Å². The fourth-order valence-corrected chi connectivity index (χ4v) is 0.887. The number of aromatic nitrogens is 1. The SMILES string of the molecule is CCC(=O)c1cncc(OC)c1. The number of ether oxygens (including phenoxy) is 1. The Morgan fingerprint density at radius 2 is 2.33 bits per heavy atom. The van der Waals surface area contributed by atoms with Crippen molar-refractivity contribution in [2.24, 2.45) is 0 Å². The molecule has 0 N–H and O–H groups in total. The zero-order valence-electron chi connectivity index (χ0n) is 7.20. The molecule has 0 saturated carbocycles. The highest BCUT2D eigenvalue weighted by molar-refractivity contribution is 5.95. The highest BCUT2D eigenvalue weighted by atomic mass is 16.5. The molecule has 0 atom stereocenters. The number of methoxy groups -OCH3 is 1. The van der Waals surface area contributed by atoms with Gasteiger partial charge < -0.3 is 4.74 Å². The Morgan fingerprint density at radius 1 is 1.58 bits per heavy atom. The van der Waals surface area contributed by atoms with Crippen LogP contribution in [0, 0.1) is 0 Å². The first-order chi connectivity index (χ1) is 5.77. The van der Waals surface area contributed by atoms with E-state index in [-0.39, 0.29) is 5.78 Å². The van der Waals surface area contributed by atoms with Gasteiger partial charge in [0, 0.05) is 18.2 Å². The topological polar surface area (TPSA) is 39.2 Å². The lowest BCUT2D eigenvalue weighted by molar-refractivity contribution is 0.0987. The second-order valence-corrected chi connectivity index (χ2v) is 2.39. The Hall–Kier alpha value is -1.38. The van der Waals surface area contributed by atoms with Crippen LogP contribution in [-0.2, 0) is 0 Å². The Morgan fingerprint density at radius 3 is 2.92 bits per heavy atom. The van der Waals surface area contributed by atoms with Crippen molar-refractivity contribution in [3.63, 3.8) is 0 Å². The molecule has 12 heavy (non-hydrogen) atoms. The summed E-state index contributed by atoms with van der Waals surface area (Å²) in [6.07, 6.45) is 3.62. The number of carbonyl (C=O) groups is 1. The van der Waals surface area contributed by atoms with Gasteiger partial charge in [-0.2, -0.15) is 0 Å². The van der Waals surface area contributed by atoms with Crippen LogP contribution in [0.25, 0.3) is 0 Å². The van der Waals surface area contributed by atoms with Crippen molar-refractivity contribution in [3.05, 3.63) is 24.0 Å². The fraction of sp³-hybridized carbons (Fsp3) is 0.333. The molecule has 0 bridgehead atoms. The number of Topliss-reactive ketones (excluding diaryl/α,β-unsaturated/α-hetero) is 1. The summed E-state index contributed by atoms with van der Waals surface area (Å²) in [4.78, 5) is 15.1. The van der Waals surface area contributed by atoms with E-state index in [0.717, 1.165) is 0 Å². The molecule has 3 heteroatoms. The van der Waals surface area contributed by atoms with E-state index in [0.29, 0.717) is 17.7 Å². The van der Waals surface area contributed by atoms with Crippen LogP contribution in [0.5, 0.6) is 5.75 Å². The second kappa shape index (κ2) is 3.85. The van der Waals surface area contributed by atoms with Crippen molar-refractivity contribution in [3.8, 4) is 5.75 Å². The van der Waals surface area contributed by atoms with Gasteiger partial charge in [-0.05, 0) is 6.07 Å². The predicted molar refractivity (Wildman–Crippen MR) is 45.4 cm³/mol. The molecule has 1 aromatic heterocycles. The van der Waals surface area contributed by atoms with Crippen molar-refractivity contribution < 1.29 is 9.53 Å². The molecule has 0 unspecified atom stereocenters. The molecule has 0 aromatic carbocycles. The molecule has 64 valence electrons. The van der Waals surface area contributed by atoms with Gasteiger partial charge >= 0.3 is 0 Å². The van der Waals surface area contributed by atoms with Crippen molar-refractivity contribution in [2.45, 2.75) is 13.3 Å². The molecule has 1 aromatic rings. The van der Waals surface area contributed by atoms with Crippen LogP contribution in [0.1, 0.15) is 23.7 Å². The first-order valence-corrected chi connectivity index (χ1v) is 3.80. The van der Waals surface area contributed by atoms with Crippen LogP contribution < -0.4 is 4.74 Å². The summed E-state index contributed by atoms with van der Waals surface area (Å²) in [7, 11) is 1.55.